The number of amides is 3. The summed E-state index contributed by atoms with van der Waals surface area (Å²) in [6, 6.07) is 14.9. The Kier molecular flexibility index (Phi) is 6.70. The number of rotatable bonds is 5. The Hall–Kier alpha value is -3.62. The molecular formula is C19H13BrN4O3. The smallest absolute Gasteiger partial charge is 0.319 e. The number of hydrogen-bond acceptors (Lipinski definition) is 5. The van der Waals surface area contributed by atoms with E-state index in [1.807, 2.05) is 11.4 Å². The largest absolute Gasteiger partial charge is 0.488 e. The maximum Gasteiger partial charge on any atom is 0.319 e. The van der Waals surface area contributed by atoms with Crippen LogP contribution in [0, 0.1) is 22.7 Å². The van der Waals surface area contributed by atoms with Gasteiger partial charge < -0.3 is 10.5 Å². The van der Waals surface area contributed by atoms with Crippen molar-refractivity contribution in [3.8, 4) is 17.9 Å². The topological polar surface area (TPSA) is 129 Å². The number of carbonyl (C=O) groups is 2. The first-order valence-electron chi connectivity index (χ1n) is 7.57. The van der Waals surface area contributed by atoms with Gasteiger partial charge in [-0.1, -0.05) is 24.3 Å². The number of ether oxygens (including phenoxy) is 1. The first kappa shape index (κ1) is 19.7. The second-order valence-electron chi connectivity index (χ2n) is 5.24. The number of carbonyl (C=O) groups excluding carboxylic acids is 2. The van der Waals surface area contributed by atoms with Gasteiger partial charge in [0.15, 0.2) is 0 Å². The molecule has 0 aliphatic heterocycles. The lowest BCUT2D eigenvalue weighted by molar-refractivity contribution is -0.115. The van der Waals surface area contributed by atoms with Gasteiger partial charge in [0.2, 0.25) is 0 Å². The predicted octanol–water partition coefficient (Wildman–Crippen LogP) is 3.00. The Labute approximate surface area is 163 Å². The molecule has 0 spiro atoms. The fourth-order valence-corrected chi connectivity index (χ4v) is 2.64. The monoisotopic (exact) mass is 424 g/mol. The summed E-state index contributed by atoms with van der Waals surface area (Å²) in [5.74, 6) is -0.352. The van der Waals surface area contributed by atoms with Crippen LogP contribution in [0.1, 0.15) is 16.7 Å². The highest BCUT2D eigenvalue weighted by Crippen LogP contribution is 2.28. The van der Waals surface area contributed by atoms with E-state index in [-0.39, 0.29) is 12.2 Å². The first-order valence-corrected chi connectivity index (χ1v) is 8.37. The van der Waals surface area contributed by atoms with E-state index in [1.165, 1.54) is 6.08 Å². The van der Waals surface area contributed by atoms with Crippen LogP contribution in [-0.4, -0.2) is 11.9 Å². The lowest BCUT2D eigenvalue weighted by atomic mass is 10.1. The predicted molar refractivity (Wildman–Crippen MR) is 101 cm³/mol. The van der Waals surface area contributed by atoms with Crippen molar-refractivity contribution >= 4 is 33.9 Å². The van der Waals surface area contributed by atoms with E-state index in [0.717, 1.165) is 5.56 Å². The molecule has 0 aliphatic rings. The van der Waals surface area contributed by atoms with Gasteiger partial charge in [-0.05, 0) is 45.8 Å². The third-order valence-electron chi connectivity index (χ3n) is 3.39. The molecule has 2 rings (SSSR count). The molecule has 0 radical (unpaired) electrons. The number of nitrogens with one attached hydrogen (secondary N) is 1. The Balaban J connectivity index is 2.16. The van der Waals surface area contributed by atoms with Crippen molar-refractivity contribution < 1.29 is 14.3 Å². The highest BCUT2D eigenvalue weighted by molar-refractivity contribution is 9.10. The van der Waals surface area contributed by atoms with Gasteiger partial charge in [-0.3, -0.25) is 10.1 Å². The lowest BCUT2D eigenvalue weighted by Gasteiger charge is -2.10. The molecule has 2 aromatic rings. The van der Waals surface area contributed by atoms with Crippen molar-refractivity contribution in [1.29, 1.82) is 10.5 Å². The van der Waals surface area contributed by atoms with Gasteiger partial charge in [-0.2, -0.15) is 10.5 Å². The van der Waals surface area contributed by atoms with Crippen LogP contribution in [-0.2, 0) is 11.4 Å². The molecule has 0 unspecified atom stereocenters. The maximum absolute atomic E-state index is 11.7. The Morgan fingerprint density at radius 3 is 2.59 bits per heavy atom. The third-order valence-corrected chi connectivity index (χ3v) is 4.01. The van der Waals surface area contributed by atoms with E-state index in [0.29, 0.717) is 21.3 Å². The minimum absolute atomic E-state index is 0.210. The molecule has 0 fully saturated rings. The zero-order valence-corrected chi connectivity index (χ0v) is 15.5. The zero-order valence-electron chi connectivity index (χ0n) is 13.9. The molecule has 3 N–H and O–H groups in total. The van der Waals surface area contributed by atoms with Gasteiger partial charge in [-0.15, -0.1) is 0 Å². The molecule has 0 saturated heterocycles. The minimum Gasteiger partial charge on any atom is -0.488 e. The molecule has 8 heteroatoms. The normalized spacial score (nSPS) is 10.4. The van der Waals surface area contributed by atoms with E-state index < -0.39 is 11.9 Å². The fourth-order valence-electron chi connectivity index (χ4n) is 2.13. The van der Waals surface area contributed by atoms with Gasteiger partial charge in [0, 0.05) is 5.56 Å². The molecule has 0 saturated carbocycles. The van der Waals surface area contributed by atoms with E-state index in [4.69, 9.17) is 21.0 Å². The standard InChI is InChI=1S/C19H13BrN4O3/c20-16-8-12(7-15(10-22)18(25)24-19(23)26)5-6-17(16)27-11-14-4-2-1-3-13(14)9-21/h1-8H,11H2,(H3,23,24,25,26)/b15-7-. The van der Waals surface area contributed by atoms with Crippen LogP contribution in [0.5, 0.6) is 5.75 Å². The van der Waals surface area contributed by atoms with Crippen LogP contribution in [0.3, 0.4) is 0 Å². The summed E-state index contributed by atoms with van der Waals surface area (Å²) in [6.45, 7) is 0.210. The van der Waals surface area contributed by atoms with Crippen LogP contribution >= 0.6 is 15.9 Å². The van der Waals surface area contributed by atoms with Crippen molar-refractivity contribution in [2.75, 3.05) is 0 Å². The van der Waals surface area contributed by atoms with Crippen LogP contribution in [0.15, 0.2) is 52.5 Å². The van der Waals surface area contributed by atoms with Crippen molar-refractivity contribution in [2.45, 2.75) is 6.61 Å². The Morgan fingerprint density at radius 1 is 1.22 bits per heavy atom. The summed E-state index contributed by atoms with van der Waals surface area (Å²) in [5.41, 5.74) is 6.44. The SMILES string of the molecule is N#C/C(=C/c1ccc(OCc2ccccc2C#N)c(Br)c1)C(=O)NC(N)=O. The number of halogens is 1. The van der Waals surface area contributed by atoms with Gasteiger partial charge in [0.25, 0.3) is 5.91 Å². The highest BCUT2D eigenvalue weighted by Gasteiger charge is 2.12. The third kappa shape index (κ3) is 5.43. The maximum atomic E-state index is 11.7. The summed E-state index contributed by atoms with van der Waals surface area (Å²) < 4.78 is 6.32. The Morgan fingerprint density at radius 2 is 1.96 bits per heavy atom. The number of urea groups is 1. The molecule has 0 atom stereocenters. The van der Waals surface area contributed by atoms with E-state index in [1.54, 1.807) is 42.5 Å². The van der Waals surface area contributed by atoms with E-state index >= 15 is 0 Å². The summed E-state index contributed by atoms with van der Waals surface area (Å²) >= 11 is 3.37. The number of nitrogens with two attached hydrogens (primary N) is 1. The lowest BCUT2D eigenvalue weighted by Crippen LogP contribution is -2.35. The molecule has 134 valence electrons. The van der Waals surface area contributed by atoms with Crippen LogP contribution in [0.2, 0.25) is 0 Å². The quantitative estimate of drug-likeness (QED) is 0.562. The van der Waals surface area contributed by atoms with E-state index in [9.17, 15) is 9.59 Å². The summed E-state index contributed by atoms with van der Waals surface area (Å²) in [7, 11) is 0. The molecule has 0 aliphatic carbocycles. The molecule has 2 aromatic carbocycles. The number of hydrogen-bond donors (Lipinski definition) is 2. The second-order valence-corrected chi connectivity index (χ2v) is 6.09. The summed E-state index contributed by atoms with van der Waals surface area (Å²) in [4.78, 5) is 22.4. The summed E-state index contributed by atoms with van der Waals surface area (Å²) in [5, 5.41) is 20.0. The van der Waals surface area contributed by atoms with Gasteiger partial charge in [-0.25, -0.2) is 4.79 Å². The second kappa shape index (κ2) is 9.18. The Bertz CT molecular complexity index is 1000. The van der Waals surface area contributed by atoms with Crippen molar-refractivity contribution in [2.24, 2.45) is 5.73 Å². The van der Waals surface area contributed by atoms with Crippen molar-refractivity contribution in [1.82, 2.24) is 5.32 Å². The van der Waals surface area contributed by atoms with Gasteiger partial charge in [0.1, 0.15) is 24.0 Å². The zero-order chi connectivity index (χ0) is 19.8. The number of benzene rings is 2. The molecule has 0 bridgehead atoms. The average Bonchev–Trinajstić information content (AvgIpc) is 2.65. The average molecular weight is 425 g/mol. The van der Waals surface area contributed by atoms with E-state index in [2.05, 4.69) is 22.0 Å². The van der Waals surface area contributed by atoms with Crippen LogP contribution in [0.4, 0.5) is 4.79 Å². The summed E-state index contributed by atoms with van der Waals surface area (Å²) in [6.07, 6.45) is 1.32. The molecule has 3 amide bonds. The number of nitriles is 2. The van der Waals surface area contributed by atoms with Gasteiger partial charge >= 0.3 is 6.03 Å². The highest BCUT2D eigenvalue weighted by atomic mass is 79.9. The van der Waals surface area contributed by atoms with Crippen LogP contribution in [0.25, 0.3) is 6.08 Å². The number of primary amides is 1. The molecule has 27 heavy (non-hydrogen) atoms. The van der Waals surface area contributed by atoms with Gasteiger partial charge in [0.05, 0.1) is 16.1 Å². The number of imide groups is 1. The van der Waals surface area contributed by atoms with Crippen LogP contribution < -0.4 is 15.8 Å². The van der Waals surface area contributed by atoms with Crippen molar-refractivity contribution in [3.05, 3.63) is 69.2 Å². The van der Waals surface area contributed by atoms with Crippen molar-refractivity contribution in [3.63, 3.8) is 0 Å². The fraction of sp³-hybridized carbons (Fsp3) is 0.0526. The minimum atomic E-state index is -1.04. The molecule has 0 heterocycles. The number of nitrogens with zero attached hydrogens (tertiary/aromatic N) is 2. The molecular weight excluding hydrogens is 412 g/mol. The molecule has 7 nitrogen and oxygen atoms in total. The first-order chi connectivity index (χ1) is 12.9. The molecule has 0 aromatic heterocycles.